The first-order valence-electron chi connectivity index (χ1n) is 13.4. The highest BCUT2D eigenvalue weighted by Gasteiger charge is 2.56. The number of nitrogens with zero attached hydrogens (tertiary/aromatic N) is 1. The zero-order chi connectivity index (χ0) is 30.6. The smallest absolute Gasteiger partial charge is 0.316 e. The van der Waals surface area contributed by atoms with Crippen molar-refractivity contribution in [3.8, 4) is 23.0 Å². The minimum absolute atomic E-state index is 0. The SMILES string of the molecule is COc1cc2c(Oc3ccc(NC(=O)C4(C(=O)Nc5ccc(F)cc5)CC4)cc3F)ccnc2cc1OCCCC(=O)O.[MgH2]. The number of fused-ring (bicyclic) bond motifs is 1. The van der Waals surface area contributed by atoms with Crippen LogP contribution in [0.1, 0.15) is 25.7 Å². The number of ether oxygens (including phenoxy) is 3. The number of anilines is 2. The van der Waals surface area contributed by atoms with Crippen LogP contribution >= 0.6 is 0 Å². The van der Waals surface area contributed by atoms with Crippen molar-refractivity contribution in [2.24, 2.45) is 5.41 Å². The quantitative estimate of drug-likeness (QED) is 0.115. The number of hydrogen-bond acceptors (Lipinski definition) is 7. The molecule has 0 saturated heterocycles. The zero-order valence-electron chi connectivity index (χ0n) is 23.0. The predicted octanol–water partition coefficient (Wildman–Crippen LogP) is 5.00. The predicted molar refractivity (Wildman–Crippen MR) is 161 cm³/mol. The van der Waals surface area contributed by atoms with Gasteiger partial charge in [-0.3, -0.25) is 19.4 Å². The van der Waals surface area contributed by atoms with Gasteiger partial charge < -0.3 is 30.0 Å². The third-order valence-corrected chi connectivity index (χ3v) is 6.91. The molecule has 226 valence electrons. The standard InChI is InChI=1S/C31H27F2N3O7.Mg.2H/c1-41-26-16-21-23(17-27(26)42-14-2-3-28(37)38)34-13-10-24(21)43-25-9-8-20(15-22(25)33)36-30(40)31(11-12-31)29(39)35-19-6-4-18(32)5-7-19;;;/h4-10,13,15-17H,2-3,11-12,14H2,1H3,(H,35,39)(H,36,40)(H,37,38);;;. The van der Waals surface area contributed by atoms with Gasteiger partial charge in [-0.15, -0.1) is 0 Å². The first-order chi connectivity index (χ1) is 20.7. The van der Waals surface area contributed by atoms with Crippen molar-refractivity contribution in [3.05, 3.63) is 78.5 Å². The van der Waals surface area contributed by atoms with Crippen LogP contribution in [0.2, 0.25) is 0 Å². The summed E-state index contributed by atoms with van der Waals surface area (Å²) in [5.74, 6) is -2.33. The Morgan fingerprint density at radius 3 is 2.20 bits per heavy atom. The fourth-order valence-corrected chi connectivity index (χ4v) is 4.39. The van der Waals surface area contributed by atoms with Gasteiger partial charge in [0, 0.05) is 41.5 Å². The number of carboxylic acids is 1. The third-order valence-electron chi connectivity index (χ3n) is 6.91. The number of halogens is 2. The van der Waals surface area contributed by atoms with Crippen LogP contribution in [-0.4, -0.2) is 64.6 Å². The molecule has 0 atom stereocenters. The molecular weight excluding hydrogens is 589 g/mol. The van der Waals surface area contributed by atoms with E-state index >= 15 is 4.39 Å². The topological polar surface area (TPSA) is 136 Å². The highest BCUT2D eigenvalue weighted by molar-refractivity contribution is 6.16. The number of aliphatic carboxylic acids is 1. The van der Waals surface area contributed by atoms with Gasteiger partial charge >= 0.3 is 29.0 Å². The molecule has 0 aliphatic heterocycles. The van der Waals surface area contributed by atoms with Crippen LogP contribution in [0.3, 0.4) is 0 Å². The van der Waals surface area contributed by atoms with Crippen molar-refractivity contribution < 1.29 is 42.5 Å². The highest BCUT2D eigenvalue weighted by atomic mass is 24.3. The van der Waals surface area contributed by atoms with Gasteiger partial charge in [-0.1, -0.05) is 0 Å². The summed E-state index contributed by atoms with van der Waals surface area (Å²) < 4.78 is 45.3. The normalized spacial score (nSPS) is 12.9. The lowest BCUT2D eigenvalue weighted by Gasteiger charge is -2.16. The second-order valence-corrected chi connectivity index (χ2v) is 9.92. The Morgan fingerprint density at radius 1 is 0.886 bits per heavy atom. The lowest BCUT2D eigenvalue weighted by atomic mass is 10.0. The lowest BCUT2D eigenvalue weighted by molar-refractivity contribution is -0.137. The van der Waals surface area contributed by atoms with Crippen molar-refractivity contribution in [3.63, 3.8) is 0 Å². The van der Waals surface area contributed by atoms with Gasteiger partial charge in [-0.05, 0) is 67.8 Å². The number of amides is 2. The van der Waals surface area contributed by atoms with Crippen LogP contribution in [0.5, 0.6) is 23.0 Å². The molecule has 1 aliphatic carbocycles. The molecule has 0 unspecified atom stereocenters. The fourth-order valence-electron chi connectivity index (χ4n) is 4.39. The number of methoxy groups -OCH3 is 1. The number of nitrogens with one attached hydrogen (secondary N) is 2. The van der Waals surface area contributed by atoms with E-state index in [1.807, 2.05) is 0 Å². The summed E-state index contributed by atoms with van der Waals surface area (Å²) >= 11 is 0. The number of hydrogen-bond donors (Lipinski definition) is 3. The number of carbonyl (C=O) groups excluding carboxylic acids is 2. The van der Waals surface area contributed by atoms with E-state index in [0.717, 1.165) is 6.07 Å². The molecule has 44 heavy (non-hydrogen) atoms. The molecule has 0 radical (unpaired) electrons. The van der Waals surface area contributed by atoms with E-state index in [-0.39, 0.29) is 53.3 Å². The number of carboxylic acid groups (broad SMARTS) is 1. The van der Waals surface area contributed by atoms with E-state index in [4.69, 9.17) is 19.3 Å². The van der Waals surface area contributed by atoms with Crippen LogP contribution in [-0.2, 0) is 14.4 Å². The molecule has 4 aromatic rings. The Morgan fingerprint density at radius 2 is 1.57 bits per heavy atom. The largest absolute Gasteiger partial charge is 0.493 e. The van der Waals surface area contributed by atoms with E-state index < -0.39 is 34.8 Å². The van der Waals surface area contributed by atoms with Crippen LogP contribution < -0.4 is 24.8 Å². The summed E-state index contributed by atoms with van der Waals surface area (Å²) in [6, 6.07) is 13.9. The monoisotopic (exact) mass is 617 g/mol. The van der Waals surface area contributed by atoms with E-state index in [1.165, 1.54) is 49.7 Å². The van der Waals surface area contributed by atoms with Gasteiger partial charge in [0.2, 0.25) is 11.8 Å². The molecule has 10 nitrogen and oxygen atoms in total. The molecular formula is C31H29F2MgN3O7. The molecule has 2 amide bonds. The van der Waals surface area contributed by atoms with E-state index in [9.17, 15) is 18.8 Å². The van der Waals surface area contributed by atoms with E-state index in [2.05, 4.69) is 15.6 Å². The van der Waals surface area contributed by atoms with E-state index in [1.54, 1.807) is 18.2 Å². The Labute approximate surface area is 266 Å². The van der Waals surface area contributed by atoms with Crippen molar-refractivity contribution in [1.29, 1.82) is 0 Å². The average Bonchev–Trinajstić information content (AvgIpc) is 3.80. The maximum Gasteiger partial charge on any atom is 0.316 e. The van der Waals surface area contributed by atoms with Gasteiger partial charge in [0.25, 0.3) is 0 Å². The van der Waals surface area contributed by atoms with Crippen molar-refractivity contribution in [2.45, 2.75) is 25.7 Å². The van der Waals surface area contributed by atoms with Crippen LogP contribution in [0.4, 0.5) is 20.2 Å². The first kappa shape index (κ1) is 32.4. The average molecular weight is 618 g/mol. The number of pyridine rings is 1. The fraction of sp³-hybridized carbons (Fsp3) is 0.226. The molecule has 1 saturated carbocycles. The van der Waals surface area contributed by atoms with Gasteiger partial charge in [-0.2, -0.15) is 0 Å². The molecule has 0 bridgehead atoms. The third kappa shape index (κ3) is 7.34. The Hall–Kier alpha value is -4.49. The van der Waals surface area contributed by atoms with Gasteiger partial charge in [0.05, 0.1) is 19.2 Å². The van der Waals surface area contributed by atoms with Gasteiger partial charge in [0.15, 0.2) is 23.1 Å². The number of aromatic nitrogens is 1. The van der Waals surface area contributed by atoms with Crippen LogP contribution in [0, 0.1) is 17.0 Å². The summed E-state index contributed by atoms with van der Waals surface area (Å²) in [7, 11) is 1.45. The van der Waals surface area contributed by atoms with E-state index in [0.29, 0.717) is 47.4 Å². The Balaban J connectivity index is 0.00000442. The summed E-state index contributed by atoms with van der Waals surface area (Å²) in [5, 5.41) is 14.5. The van der Waals surface area contributed by atoms with Gasteiger partial charge in [-0.25, -0.2) is 8.78 Å². The first-order valence-corrected chi connectivity index (χ1v) is 13.4. The molecule has 3 N–H and O–H groups in total. The molecule has 5 rings (SSSR count). The number of carbonyl (C=O) groups is 3. The maximum atomic E-state index is 15.1. The molecule has 3 aromatic carbocycles. The van der Waals surface area contributed by atoms with Crippen LogP contribution in [0.15, 0.2) is 66.9 Å². The summed E-state index contributed by atoms with van der Waals surface area (Å²) in [6.07, 6.45) is 2.41. The van der Waals surface area contributed by atoms with Crippen molar-refractivity contribution in [1.82, 2.24) is 4.98 Å². The molecule has 13 heteroatoms. The second kappa shape index (κ2) is 13.9. The molecule has 1 aromatic heterocycles. The van der Waals surface area contributed by atoms with Crippen molar-refractivity contribution >= 4 is 63.1 Å². The highest BCUT2D eigenvalue weighted by Crippen LogP contribution is 2.47. The minimum Gasteiger partial charge on any atom is -0.493 e. The molecule has 0 spiro atoms. The zero-order valence-corrected chi connectivity index (χ0v) is 23.0. The molecule has 1 fully saturated rings. The van der Waals surface area contributed by atoms with Crippen LogP contribution in [0.25, 0.3) is 10.9 Å². The number of benzene rings is 3. The molecule has 1 heterocycles. The van der Waals surface area contributed by atoms with Gasteiger partial charge in [0.1, 0.15) is 17.0 Å². The maximum absolute atomic E-state index is 15.1. The minimum atomic E-state index is -1.30. The summed E-state index contributed by atoms with van der Waals surface area (Å²) in [6.45, 7) is 0.165. The van der Waals surface area contributed by atoms with Crippen molar-refractivity contribution in [2.75, 3.05) is 24.4 Å². The summed E-state index contributed by atoms with van der Waals surface area (Å²) in [4.78, 5) is 40.8. The lowest BCUT2D eigenvalue weighted by Crippen LogP contribution is -2.35. The Kier molecular flexibility index (Phi) is 10.2. The number of rotatable bonds is 12. The second-order valence-electron chi connectivity index (χ2n) is 9.92. The Bertz CT molecular complexity index is 1700. The summed E-state index contributed by atoms with van der Waals surface area (Å²) in [5.41, 5.74) is -0.321. The molecule has 1 aliphatic rings.